The summed E-state index contributed by atoms with van der Waals surface area (Å²) in [6.45, 7) is 7.05. The first-order valence-electron chi connectivity index (χ1n) is 7.22. The van der Waals surface area contributed by atoms with Crippen LogP contribution in [0.1, 0.15) is 72.1 Å². The Morgan fingerprint density at radius 3 is 2.35 bits per heavy atom. The Labute approximate surface area is 106 Å². The molecule has 2 nitrogen and oxygen atoms in total. The van der Waals surface area contributed by atoms with Crippen molar-refractivity contribution >= 4 is 5.91 Å². The molecular formula is C15H27NO. The second-order valence-corrected chi connectivity index (χ2v) is 7.18. The molecule has 1 heterocycles. The first-order valence-corrected chi connectivity index (χ1v) is 7.22. The van der Waals surface area contributed by atoms with E-state index in [2.05, 4.69) is 26.1 Å². The molecule has 2 rings (SSSR count). The molecule has 1 N–H and O–H groups in total. The van der Waals surface area contributed by atoms with E-state index in [9.17, 15) is 4.79 Å². The van der Waals surface area contributed by atoms with Gasteiger partial charge in [-0.05, 0) is 49.9 Å². The molecule has 1 aliphatic heterocycles. The molecule has 0 bridgehead atoms. The molecule has 1 saturated carbocycles. The smallest absolute Gasteiger partial charge is 0.220 e. The van der Waals surface area contributed by atoms with Crippen LogP contribution in [0.3, 0.4) is 0 Å². The van der Waals surface area contributed by atoms with Crippen LogP contribution >= 0.6 is 0 Å². The van der Waals surface area contributed by atoms with Gasteiger partial charge in [0, 0.05) is 12.0 Å². The molecular weight excluding hydrogens is 210 g/mol. The predicted octanol–water partition coefficient (Wildman–Crippen LogP) is 3.65. The molecule has 1 aliphatic carbocycles. The van der Waals surface area contributed by atoms with E-state index in [1.807, 2.05) is 0 Å². The summed E-state index contributed by atoms with van der Waals surface area (Å²) in [6.07, 6.45) is 9.20. The molecule has 1 amide bonds. The molecule has 0 aromatic rings. The van der Waals surface area contributed by atoms with Crippen LogP contribution in [0.4, 0.5) is 0 Å². The van der Waals surface area contributed by atoms with E-state index >= 15 is 0 Å². The Hall–Kier alpha value is -0.530. The number of amides is 1. The summed E-state index contributed by atoms with van der Waals surface area (Å²) in [7, 11) is 0. The van der Waals surface area contributed by atoms with Crippen molar-refractivity contribution < 1.29 is 4.79 Å². The summed E-state index contributed by atoms with van der Waals surface area (Å²) < 4.78 is 0. The molecule has 1 spiro atoms. The van der Waals surface area contributed by atoms with Crippen molar-refractivity contribution in [1.29, 1.82) is 0 Å². The van der Waals surface area contributed by atoms with Crippen molar-refractivity contribution in [2.45, 2.75) is 77.7 Å². The van der Waals surface area contributed by atoms with Gasteiger partial charge >= 0.3 is 0 Å². The third-order valence-electron chi connectivity index (χ3n) is 4.88. The predicted molar refractivity (Wildman–Crippen MR) is 70.8 cm³/mol. The fourth-order valence-corrected chi connectivity index (χ4v) is 3.58. The van der Waals surface area contributed by atoms with E-state index in [0.29, 0.717) is 5.41 Å². The molecule has 2 fully saturated rings. The number of rotatable bonds is 0. The van der Waals surface area contributed by atoms with E-state index in [0.717, 1.165) is 18.8 Å². The normalized spacial score (nSPS) is 35.5. The Balaban J connectivity index is 1.98. The van der Waals surface area contributed by atoms with Crippen molar-refractivity contribution in [2.75, 3.05) is 0 Å². The Morgan fingerprint density at radius 1 is 1.12 bits per heavy atom. The maximum Gasteiger partial charge on any atom is 0.220 e. The lowest BCUT2D eigenvalue weighted by Crippen LogP contribution is -2.50. The summed E-state index contributed by atoms with van der Waals surface area (Å²) >= 11 is 0. The maximum absolute atomic E-state index is 11.7. The minimum Gasteiger partial charge on any atom is -0.351 e. The largest absolute Gasteiger partial charge is 0.351 e. The third-order valence-corrected chi connectivity index (χ3v) is 4.88. The van der Waals surface area contributed by atoms with Gasteiger partial charge in [-0.15, -0.1) is 0 Å². The summed E-state index contributed by atoms with van der Waals surface area (Å²) in [4.78, 5) is 11.7. The zero-order valence-electron chi connectivity index (χ0n) is 11.6. The summed E-state index contributed by atoms with van der Waals surface area (Å²) in [6, 6.07) is 0. The van der Waals surface area contributed by atoms with Crippen LogP contribution in [0.25, 0.3) is 0 Å². The fraction of sp³-hybridized carbons (Fsp3) is 0.933. The van der Waals surface area contributed by atoms with Crippen LogP contribution in [0.5, 0.6) is 0 Å². The molecule has 98 valence electrons. The number of carbonyl (C=O) groups excluding carboxylic acids is 1. The number of nitrogens with one attached hydrogen (secondary N) is 1. The number of carbonyl (C=O) groups is 1. The highest BCUT2D eigenvalue weighted by atomic mass is 16.1. The van der Waals surface area contributed by atoms with Crippen molar-refractivity contribution in [3.63, 3.8) is 0 Å². The first-order chi connectivity index (χ1) is 7.91. The van der Waals surface area contributed by atoms with E-state index in [-0.39, 0.29) is 11.4 Å². The monoisotopic (exact) mass is 237 g/mol. The Bertz CT molecular complexity index is 282. The van der Waals surface area contributed by atoms with Crippen LogP contribution in [0, 0.1) is 11.3 Å². The van der Waals surface area contributed by atoms with Crippen molar-refractivity contribution in [1.82, 2.24) is 5.32 Å². The van der Waals surface area contributed by atoms with Crippen LogP contribution in [0.15, 0.2) is 0 Å². The number of hydrogen-bond acceptors (Lipinski definition) is 1. The molecule has 0 atom stereocenters. The minimum atomic E-state index is 0.162. The van der Waals surface area contributed by atoms with E-state index in [1.165, 1.54) is 38.5 Å². The lowest BCUT2D eigenvalue weighted by Gasteiger charge is -2.44. The summed E-state index contributed by atoms with van der Waals surface area (Å²) in [5.41, 5.74) is 0.589. The van der Waals surface area contributed by atoms with E-state index in [1.54, 1.807) is 0 Å². The standard InChI is InChI=1S/C15H27NO/c1-14(2,3)12-7-10-15(11-8-12)9-5-4-6-13(17)16-15/h12H,4-11H2,1-3H3,(H,16,17). The van der Waals surface area contributed by atoms with Crippen molar-refractivity contribution in [2.24, 2.45) is 11.3 Å². The number of hydrogen-bond donors (Lipinski definition) is 1. The second kappa shape index (κ2) is 4.62. The molecule has 1 saturated heterocycles. The zero-order valence-corrected chi connectivity index (χ0v) is 11.6. The van der Waals surface area contributed by atoms with Gasteiger partial charge in [0.25, 0.3) is 0 Å². The van der Waals surface area contributed by atoms with Gasteiger partial charge in [-0.1, -0.05) is 27.2 Å². The second-order valence-electron chi connectivity index (χ2n) is 7.18. The van der Waals surface area contributed by atoms with Crippen LogP contribution < -0.4 is 5.32 Å². The first kappa shape index (κ1) is 12.9. The molecule has 17 heavy (non-hydrogen) atoms. The summed E-state index contributed by atoms with van der Waals surface area (Å²) in [5.74, 6) is 1.12. The van der Waals surface area contributed by atoms with Gasteiger partial charge in [0.1, 0.15) is 0 Å². The Morgan fingerprint density at radius 2 is 1.76 bits per heavy atom. The average Bonchev–Trinajstić information content (AvgIpc) is 2.40. The van der Waals surface area contributed by atoms with E-state index < -0.39 is 0 Å². The van der Waals surface area contributed by atoms with Gasteiger partial charge in [0.2, 0.25) is 5.91 Å². The third kappa shape index (κ3) is 3.02. The van der Waals surface area contributed by atoms with Crippen LogP contribution in [-0.4, -0.2) is 11.4 Å². The lowest BCUT2D eigenvalue weighted by molar-refractivity contribution is -0.123. The minimum absolute atomic E-state index is 0.162. The zero-order chi connectivity index (χ0) is 12.5. The average molecular weight is 237 g/mol. The van der Waals surface area contributed by atoms with Gasteiger partial charge in [-0.3, -0.25) is 4.79 Å². The van der Waals surface area contributed by atoms with Gasteiger partial charge in [0.15, 0.2) is 0 Å². The van der Waals surface area contributed by atoms with Gasteiger partial charge < -0.3 is 5.32 Å². The highest BCUT2D eigenvalue weighted by molar-refractivity contribution is 5.77. The quantitative estimate of drug-likeness (QED) is 0.684. The van der Waals surface area contributed by atoms with Crippen LogP contribution in [-0.2, 0) is 4.79 Å². The fourth-order valence-electron chi connectivity index (χ4n) is 3.58. The summed E-state index contributed by atoms with van der Waals surface area (Å²) in [5, 5.41) is 3.33. The van der Waals surface area contributed by atoms with Gasteiger partial charge in [0.05, 0.1) is 0 Å². The molecule has 0 radical (unpaired) electrons. The molecule has 2 aliphatic rings. The molecule has 0 unspecified atom stereocenters. The van der Waals surface area contributed by atoms with Crippen molar-refractivity contribution in [3.05, 3.63) is 0 Å². The van der Waals surface area contributed by atoms with Crippen LogP contribution in [0.2, 0.25) is 0 Å². The van der Waals surface area contributed by atoms with Gasteiger partial charge in [-0.2, -0.15) is 0 Å². The van der Waals surface area contributed by atoms with Crippen molar-refractivity contribution in [3.8, 4) is 0 Å². The SMILES string of the molecule is CC(C)(C)C1CCC2(CCCCC(=O)N2)CC1. The van der Waals surface area contributed by atoms with E-state index in [4.69, 9.17) is 0 Å². The molecule has 0 aromatic carbocycles. The highest BCUT2D eigenvalue weighted by Crippen LogP contribution is 2.43. The molecule has 0 aromatic heterocycles. The highest BCUT2D eigenvalue weighted by Gasteiger charge is 2.39. The maximum atomic E-state index is 11.7. The topological polar surface area (TPSA) is 29.1 Å². The lowest BCUT2D eigenvalue weighted by atomic mass is 9.66. The molecule has 2 heteroatoms. The van der Waals surface area contributed by atoms with Gasteiger partial charge in [-0.25, -0.2) is 0 Å². The Kier molecular flexibility index (Phi) is 3.51.